The Hall–Kier alpha value is -1.16. The minimum atomic E-state index is 0.341. The number of fused-ring (bicyclic) bond motifs is 2. The number of hydrogen-bond donors (Lipinski definition) is 1. The van der Waals surface area contributed by atoms with Gasteiger partial charge in [-0.3, -0.25) is 0 Å². The van der Waals surface area contributed by atoms with Crippen molar-refractivity contribution in [3.8, 4) is 6.01 Å². The Morgan fingerprint density at radius 3 is 2.87 bits per heavy atom. The molecule has 1 saturated carbocycles. The number of ether oxygens (including phenoxy) is 1. The molecule has 1 aliphatic carbocycles. The summed E-state index contributed by atoms with van der Waals surface area (Å²) >= 11 is 0. The van der Waals surface area contributed by atoms with Gasteiger partial charge in [0.15, 0.2) is 0 Å². The van der Waals surface area contributed by atoms with Gasteiger partial charge in [0.05, 0.1) is 0 Å². The molecule has 4 nitrogen and oxygen atoms in total. The summed E-state index contributed by atoms with van der Waals surface area (Å²) in [6.45, 7) is 4.11. The van der Waals surface area contributed by atoms with E-state index in [2.05, 4.69) is 15.3 Å². The Morgan fingerprint density at radius 1 is 1.40 bits per heavy atom. The fourth-order valence-electron chi connectivity index (χ4n) is 2.50. The lowest BCUT2D eigenvalue weighted by Gasteiger charge is -2.48. The Morgan fingerprint density at radius 2 is 2.20 bits per heavy atom. The van der Waals surface area contributed by atoms with Crippen LogP contribution in [0, 0.1) is 18.8 Å². The van der Waals surface area contributed by atoms with Crippen LogP contribution in [0.15, 0.2) is 12.3 Å². The van der Waals surface area contributed by atoms with Gasteiger partial charge >= 0.3 is 6.01 Å². The maximum Gasteiger partial charge on any atom is 0.316 e. The van der Waals surface area contributed by atoms with Crippen LogP contribution in [-0.2, 0) is 0 Å². The third-order valence-electron chi connectivity index (χ3n) is 3.36. The lowest BCUT2D eigenvalue weighted by Crippen LogP contribution is -2.59. The molecule has 2 aliphatic rings. The molecule has 0 aromatic carbocycles. The molecular weight excluding hydrogens is 190 g/mol. The van der Waals surface area contributed by atoms with Crippen LogP contribution in [-0.4, -0.2) is 29.2 Å². The molecule has 15 heavy (non-hydrogen) atoms. The molecule has 4 heteroatoms. The molecule has 1 N–H and O–H groups in total. The van der Waals surface area contributed by atoms with E-state index in [1.807, 2.05) is 13.0 Å². The quantitative estimate of drug-likeness (QED) is 0.774. The molecule has 1 saturated heterocycles. The minimum Gasteiger partial charge on any atom is -0.459 e. The fourth-order valence-corrected chi connectivity index (χ4v) is 2.50. The molecule has 1 aromatic heterocycles. The number of hydrogen-bond acceptors (Lipinski definition) is 4. The summed E-state index contributed by atoms with van der Waals surface area (Å²) in [7, 11) is 0. The zero-order valence-corrected chi connectivity index (χ0v) is 8.81. The van der Waals surface area contributed by atoms with Crippen LogP contribution in [0.25, 0.3) is 0 Å². The smallest absolute Gasteiger partial charge is 0.316 e. The third-order valence-corrected chi connectivity index (χ3v) is 3.36. The van der Waals surface area contributed by atoms with Gasteiger partial charge in [0.25, 0.3) is 0 Å². The maximum atomic E-state index is 5.84. The van der Waals surface area contributed by atoms with E-state index in [4.69, 9.17) is 4.74 Å². The second-order valence-corrected chi connectivity index (χ2v) is 4.48. The van der Waals surface area contributed by atoms with Gasteiger partial charge in [-0.05, 0) is 19.4 Å². The zero-order valence-electron chi connectivity index (χ0n) is 8.81. The van der Waals surface area contributed by atoms with Crippen molar-refractivity contribution in [1.82, 2.24) is 15.3 Å². The number of nitrogens with zero attached hydrogens (tertiary/aromatic N) is 2. The highest BCUT2D eigenvalue weighted by molar-refractivity contribution is 5.06. The van der Waals surface area contributed by atoms with Crippen LogP contribution in [0.2, 0.25) is 0 Å². The molecule has 1 aliphatic heterocycles. The summed E-state index contributed by atoms with van der Waals surface area (Å²) in [6, 6.07) is 2.42. The predicted octanol–water partition coefficient (Wildman–Crippen LogP) is 0.772. The molecule has 3 rings (SSSR count). The Kier molecular flexibility index (Phi) is 2.09. The number of nitrogens with one attached hydrogen (secondary N) is 1. The van der Waals surface area contributed by atoms with Gasteiger partial charge < -0.3 is 10.1 Å². The van der Waals surface area contributed by atoms with Gasteiger partial charge in [-0.15, -0.1) is 0 Å². The molecule has 2 fully saturated rings. The maximum absolute atomic E-state index is 5.84. The van der Waals surface area contributed by atoms with Crippen LogP contribution < -0.4 is 10.1 Å². The Balaban J connectivity index is 1.70. The van der Waals surface area contributed by atoms with Crippen molar-refractivity contribution >= 4 is 0 Å². The topological polar surface area (TPSA) is 47.0 Å². The monoisotopic (exact) mass is 205 g/mol. The molecule has 0 radical (unpaired) electrons. The molecule has 0 amide bonds. The van der Waals surface area contributed by atoms with Gasteiger partial charge in [0.2, 0.25) is 0 Å². The molecule has 0 spiro atoms. The van der Waals surface area contributed by atoms with E-state index >= 15 is 0 Å². The minimum absolute atomic E-state index is 0.341. The van der Waals surface area contributed by atoms with Gasteiger partial charge in [-0.25, -0.2) is 9.97 Å². The normalized spacial score (nSPS) is 33.3. The summed E-state index contributed by atoms with van der Waals surface area (Å²) in [5.41, 5.74) is 0.961. The summed E-state index contributed by atoms with van der Waals surface area (Å²) in [5.74, 6) is 1.32. The second-order valence-electron chi connectivity index (χ2n) is 4.48. The van der Waals surface area contributed by atoms with Crippen molar-refractivity contribution in [2.45, 2.75) is 19.4 Å². The summed E-state index contributed by atoms with van der Waals surface area (Å²) < 4.78 is 5.84. The van der Waals surface area contributed by atoms with E-state index in [9.17, 15) is 0 Å². The second kappa shape index (κ2) is 3.45. The van der Waals surface area contributed by atoms with Gasteiger partial charge in [-0.1, -0.05) is 0 Å². The van der Waals surface area contributed by atoms with E-state index in [1.54, 1.807) is 6.20 Å². The number of piperidine rings is 2. The standard InChI is InChI=1S/C11H15N3O/c1-7-2-3-13-11(14-7)15-10-8-4-9(10)6-12-5-8/h2-3,8-10,12H,4-6H2,1H3/t8-,9+,10?. The van der Waals surface area contributed by atoms with Gasteiger partial charge in [-0.2, -0.15) is 0 Å². The highest BCUT2D eigenvalue weighted by atomic mass is 16.5. The summed E-state index contributed by atoms with van der Waals surface area (Å²) in [6.07, 6.45) is 3.39. The molecular formula is C11H15N3O. The first kappa shape index (κ1) is 9.09. The van der Waals surface area contributed by atoms with Gasteiger partial charge in [0, 0.05) is 36.8 Å². The SMILES string of the molecule is Cc1ccnc(OC2[C@@H]3CNC[C@H]2C3)n1. The molecule has 1 unspecified atom stereocenters. The highest BCUT2D eigenvalue weighted by Gasteiger charge is 2.45. The van der Waals surface area contributed by atoms with Crippen LogP contribution in [0.5, 0.6) is 6.01 Å². The molecule has 80 valence electrons. The first-order valence-electron chi connectivity index (χ1n) is 5.50. The average molecular weight is 205 g/mol. The molecule has 2 heterocycles. The Labute approximate surface area is 89.1 Å². The lowest BCUT2D eigenvalue weighted by molar-refractivity contribution is -0.0497. The van der Waals surface area contributed by atoms with Gasteiger partial charge in [0.1, 0.15) is 6.10 Å². The third kappa shape index (κ3) is 1.59. The lowest BCUT2D eigenvalue weighted by atomic mass is 9.69. The van der Waals surface area contributed by atoms with Crippen molar-refractivity contribution in [2.24, 2.45) is 11.8 Å². The van der Waals surface area contributed by atoms with Crippen LogP contribution in [0.4, 0.5) is 0 Å². The summed E-state index contributed by atoms with van der Waals surface area (Å²) in [5, 5.41) is 3.39. The zero-order chi connectivity index (χ0) is 10.3. The Bertz CT molecular complexity index is 355. The van der Waals surface area contributed by atoms with Crippen molar-refractivity contribution in [3.63, 3.8) is 0 Å². The number of aromatic nitrogens is 2. The fraction of sp³-hybridized carbons (Fsp3) is 0.636. The molecule has 1 aromatic rings. The van der Waals surface area contributed by atoms with Crippen LogP contribution in [0.1, 0.15) is 12.1 Å². The highest BCUT2D eigenvalue weighted by Crippen LogP contribution is 2.38. The molecule has 3 atom stereocenters. The average Bonchev–Trinajstić information content (AvgIpc) is 2.27. The number of aryl methyl sites for hydroxylation is 1. The van der Waals surface area contributed by atoms with Crippen molar-refractivity contribution in [2.75, 3.05) is 13.1 Å². The van der Waals surface area contributed by atoms with Crippen molar-refractivity contribution in [3.05, 3.63) is 18.0 Å². The first-order chi connectivity index (χ1) is 7.33. The number of rotatable bonds is 2. The van der Waals surface area contributed by atoms with E-state index in [0.717, 1.165) is 18.8 Å². The van der Waals surface area contributed by atoms with E-state index in [0.29, 0.717) is 24.0 Å². The summed E-state index contributed by atoms with van der Waals surface area (Å²) in [4.78, 5) is 8.40. The van der Waals surface area contributed by atoms with E-state index < -0.39 is 0 Å². The van der Waals surface area contributed by atoms with E-state index in [-0.39, 0.29) is 0 Å². The molecule has 2 bridgehead atoms. The van der Waals surface area contributed by atoms with Crippen molar-refractivity contribution in [1.29, 1.82) is 0 Å². The van der Waals surface area contributed by atoms with Crippen LogP contribution >= 0.6 is 0 Å². The first-order valence-corrected chi connectivity index (χ1v) is 5.50. The van der Waals surface area contributed by atoms with Crippen molar-refractivity contribution < 1.29 is 4.74 Å². The largest absolute Gasteiger partial charge is 0.459 e. The van der Waals surface area contributed by atoms with Crippen LogP contribution in [0.3, 0.4) is 0 Å². The predicted molar refractivity (Wildman–Crippen MR) is 55.7 cm³/mol. The van der Waals surface area contributed by atoms with E-state index in [1.165, 1.54) is 6.42 Å².